The summed E-state index contributed by atoms with van der Waals surface area (Å²) in [5.74, 6) is 0.746. The summed E-state index contributed by atoms with van der Waals surface area (Å²) in [5.41, 5.74) is -0.474. The van der Waals surface area contributed by atoms with Crippen molar-refractivity contribution in [3.8, 4) is 5.69 Å². The molecule has 1 aliphatic rings. The zero-order chi connectivity index (χ0) is 22.6. The van der Waals surface area contributed by atoms with Gasteiger partial charge in [-0.3, -0.25) is 9.36 Å². The molecule has 4 rings (SSSR count). The van der Waals surface area contributed by atoms with Crippen LogP contribution in [0.5, 0.6) is 0 Å². The number of benzene rings is 1. The van der Waals surface area contributed by atoms with Gasteiger partial charge in [-0.1, -0.05) is 17.8 Å². The van der Waals surface area contributed by atoms with Crippen molar-refractivity contribution in [1.82, 2.24) is 25.0 Å². The summed E-state index contributed by atoms with van der Waals surface area (Å²) in [4.78, 5) is 14.6. The highest BCUT2D eigenvalue weighted by molar-refractivity contribution is 7.99. The zero-order valence-corrected chi connectivity index (χ0v) is 18.0. The number of carbonyl (C=O) groups is 1. The molecule has 0 radical (unpaired) electrons. The molecular formula is C21H22F3N5O2S. The minimum atomic E-state index is -4.47. The minimum absolute atomic E-state index is 0.0184. The van der Waals surface area contributed by atoms with Gasteiger partial charge in [0.1, 0.15) is 0 Å². The van der Waals surface area contributed by atoms with Crippen LogP contribution in [0.1, 0.15) is 34.8 Å². The van der Waals surface area contributed by atoms with Crippen molar-refractivity contribution >= 4 is 17.7 Å². The maximum Gasteiger partial charge on any atom is 0.416 e. The zero-order valence-electron chi connectivity index (χ0n) is 17.1. The lowest BCUT2D eigenvalue weighted by atomic mass is 10.2. The number of nitrogens with one attached hydrogen (secondary N) is 1. The normalized spacial score (nSPS) is 14.7. The van der Waals surface area contributed by atoms with Crippen molar-refractivity contribution in [3.05, 3.63) is 59.8 Å². The van der Waals surface area contributed by atoms with Gasteiger partial charge >= 0.3 is 6.18 Å². The topological polar surface area (TPSA) is 76.2 Å². The molecule has 0 saturated carbocycles. The van der Waals surface area contributed by atoms with Crippen LogP contribution in [-0.4, -0.2) is 51.0 Å². The number of rotatable bonds is 8. The van der Waals surface area contributed by atoms with Crippen LogP contribution in [0.25, 0.3) is 5.69 Å². The van der Waals surface area contributed by atoms with E-state index >= 15 is 0 Å². The molecule has 1 aliphatic heterocycles. The average molecular weight is 466 g/mol. The van der Waals surface area contributed by atoms with Crippen molar-refractivity contribution in [3.63, 3.8) is 0 Å². The molecule has 3 aromatic rings. The fourth-order valence-electron chi connectivity index (χ4n) is 3.52. The van der Waals surface area contributed by atoms with Crippen molar-refractivity contribution in [2.24, 2.45) is 0 Å². The van der Waals surface area contributed by atoms with Gasteiger partial charge in [-0.25, -0.2) is 0 Å². The largest absolute Gasteiger partial charge is 0.459 e. The van der Waals surface area contributed by atoms with E-state index in [4.69, 9.17) is 4.42 Å². The second-order valence-corrected chi connectivity index (χ2v) is 8.40. The lowest BCUT2D eigenvalue weighted by Crippen LogP contribution is -2.24. The van der Waals surface area contributed by atoms with Crippen LogP contribution < -0.4 is 5.32 Å². The number of amides is 1. The fourth-order valence-corrected chi connectivity index (χ4v) is 4.49. The van der Waals surface area contributed by atoms with Crippen molar-refractivity contribution in [2.45, 2.75) is 30.7 Å². The Labute approximate surface area is 187 Å². The lowest BCUT2D eigenvalue weighted by Gasteiger charge is -2.15. The van der Waals surface area contributed by atoms with Gasteiger partial charge in [-0.15, -0.1) is 10.2 Å². The van der Waals surface area contributed by atoms with Crippen LogP contribution >= 0.6 is 11.8 Å². The third kappa shape index (κ3) is 5.33. The molecule has 0 unspecified atom stereocenters. The maximum atomic E-state index is 13.3. The Kier molecular flexibility index (Phi) is 6.85. The maximum absolute atomic E-state index is 13.3. The number of hydrogen-bond acceptors (Lipinski definition) is 6. The van der Waals surface area contributed by atoms with Gasteiger partial charge in [0.05, 0.1) is 24.1 Å². The van der Waals surface area contributed by atoms with Gasteiger partial charge in [0, 0.05) is 12.3 Å². The average Bonchev–Trinajstić information content (AvgIpc) is 3.53. The molecule has 3 heterocycles. The van der Waals surface area contributed by atoms with E-state index in [0.717, 1.165) is 37.5 Å². The summed E-state index contributed by atoms with van der Waals surface area (Å²) in [7, 11) is 0. The summed E-state index contributed by atoms with van der Waals surface area (Å²) < 4.78 is 46.5. The van der Waals surface area contributed by atoms with Crippen LogP contribution in [-0.2, 0) is 12.7 Å². The Hall–Kier alpha value is -2.79. The first-order valence-electron chi connectivity index (χ1n) is 10.2. The first kappa shape index (κ1) is 22.4. The smallest absolute Gasteiger partial charge is 0.416 e. The molecule has 0 bridgehead atoms. The first-order chi connectivity index (χ1) is 15.4. The Bertz CT molecular complexity index is 1050. The molecule has 11 heteroatoms. The molecule has 7 nitrogen and oxygen atoms in total. The van der Waals surface area contributed by atoms with Crippen LogP contribution in [0.4, 0.5) is 13.2 Å². The Balaban J connectivity index is 1.56. The third-order valence-corrected chi connectivity index (χ3v) is 6.03. The second kappa shape index (κ2) is 9.78. The monoisotopic (exact) mass is 465 g/mol. The van der Waals surface area contributed by atoms with Crippen LogP contribution in [0.15, 0.2) is 52.2 Å². The summed E-state index contributed by atoms with van der Waals surface area (Å²) >= 11 is 1.43. The number of halogens is 3. The third-order valence-electron chi connectivity index (χ3n) is 5.12. The lowest BCUT2D eigenvalue weighted by molar-refractivity contribution is -0.137. The van der Waals surface area contributed by atoms with Gasteiger partial charge in [-0.05, 0) is 56.3 Å². The molecule has 1 fully saturated rings. The van der Waals surface area contributed by atoms with Gasteiger partial charge < -0.3 is 14.6 Å². The predicted molar refractivity (Wildman–Crippen MR) is 113 cm³/mol. The highest BCUT2D eigenvalue weighted by Crippen LogP contribution is 2.31. The molecule has 0 aliphatic carbocycles. The number of alkyl halides is 3. The van der Waals surface area contributed by atoms with E-state index < -0.39 is 17.6 Å². The molecule has 0 atom stereocenters. The number of thioether (sulfide) groups is 1. The van der Waals surface area contributed by atoms with Gasteiger partial charge in [0.25, 0.3) is 5.91 Å². The highest BCUT2D eigenvalue weighted by atomic mass is 32.2. The van der Waals surface area contributed by atoms with E-state index in [0.29, 0.717) is 11.0 Å². The summed E-state index contributed by atoms with van der Waals surface area (Å²) in [6, 6.07) is 8.11. The van der Waals surface area contributed by atoms with Crippen LogP contribution in [0, 0.1) is 0 Å². The number of aromatic nitrogens is 3. The van der Waals surface area contributed by atoms with Crippen molar-refractivity contribution < 1.29 is 22.4 Å². The quantitative estimate of drug-likeness (QED) is 0.507. The molecule has 170 valence electrons. The molecule has 0 spiro atoms. The molecule has 1 aromatic carbocycles. The van der Waals surface area contributed by atoms with Crippen LogP contribution in [0.3, 0.4) is 0 Å². The Morgan fingerprint density at radius 1 is 1.16 bits per heavy atom. The summed E-state index contributed by atoms with van der Waals surface area (Å²) in [5, 5.41) is 11.5. The van der Waals surface area contributed by atoms with E-state index in [-0.39, 0.29) is 18.0 Å². The minimum Gasteiger partial charge on any atom is -0.459 e. The SMILES string of the molecule is O=C(NCc1nnc(SCCN2CCCC2)n1-c1cccc(C(F)(F)F)c1)c1ccco1. The summed E-state index contributed by atoms with van der Waals surface area (Å²) in [6.07, 6.45) is -0.717. The second-order valence-electron chi connectivity index (χ2n) is 7.34. The highest BCUT2D eigenvalue weighted by Gasteiger charge is 2.31. The summed E-state index contributed by atoms with van der Waals surface area (Å²) in [6.45, 7) is 2.97. The molecule has 32 heavy (non-hydrogen) atoms. The van der Waals surface area contributed by atoms with E-state index in [2.05, 4.69) is 20.4 Å². The van der Waals surface area contributed by atoms with Gasteiger partial charge in [-0.2, -0.15) is 13.2 Å². The van der Waals surface area contributed by atoms with Crippen molar-refractivity contribution in [1.29, 1.82) is 0 Å². The predicted octanol–water partition coefficient (Wildman–Crippen LogP) is 4.00. The molecular weight excluding hydrogens is 443 g/mol. The molecule has 2 aromatic heterocycles. The first-order valence-corrected chi connectivity index (χ1v) is 11.2. The van der Waals surface area contributed by atoms with Crippen molar-refractivity contribution in [2.75, 3.05) is 25.4 Å². The van der Waals surface area contributed by atoms with Crippen LogP contribution in [0.2, 0.25) is 0 Å². The number of furan rings is 1. The van der Waals surface area contributed by atoms with E-state index in [9.17, 15) is 18.0 Å². The molecule has 1 N–H and O–H groups in total. The Morgan fingerprint density at radius 3 is 2.69 bits per heavy atom. The van der Waals surface area contributed by atoms with Gasteiger partial charge in [0.2, 0.25) is 0 Å². The number of nitrogens with zero attached hydrogens (tertiary/aromatic N) is 4. The van der Waals surface area contributed by atoms with E-state index in [1.54, 1.807) is 16.7 Å². The van der Waals surface area contributed by atoms with E-state index in [1.807, 2.05) is 0 Å². The fraction of sp³-hybridized carbons (Fsp3) is 0.381. The number of hydrogen-bond donors (Lipinski definition) is 1. The molecule has 1 saturated heterocycles. The van der Waals surface area contributed by atoms with Gasteiger partial charge in [0.15, 0.2) is 16.7 Å². The standard InChI is InChI=1S/C21H22F3N5O2S/c22-21(23,24)15-5-3-6-16(13-15)29-18(14-25-19(30)17-7-4-11-31-17)26-27-20(29)32-12-10-28-8-1-2-9-28/h3-7,11,13H,1-2,8-10,12,14H2,(H,25,30). The Morgan fingerprint density at radius 2 is 1.97 bits per heavy atom. The molecule has 1 amide bonds. The number of likely N-dealkylation sites (tertiary alicyclic amines) is 1. The number of carbonyl (C=O) groups excluding carboxylic acids is 1. The van der Waals surface area contributed by atoms with E-state index in [1.165, 1.54) is 43.0 Å².